The highest BCUT2D eigenvalue weighted by Crippen LogP contribution is 2.30. The number of hydrogen-bond acceptors (Lipinski definition) is 6. The zero-order chi connectivity index (χ0) is 19.6. The van der Waals surface area contributed by atoms with Crippen molar-refractivity contribution in [2.24, 2.45) is 0 Å². The smallest absolute Gasteiger partial charge is 0.264 e. The van der Waals surface area contributed by atoms with E-state index in [-0.39, 0.29) is 12.5 Å². The molecule has 0 fully saturated rings. The van der Waals surface area contributed by atoms with Gasteiger partial charge in [0, 0.05) is 24.4 Å². The number of hydrogen-bond donors (Lipinski definition) is 1. The first-order chi connectivity index (χ1) is 12.8. The number of rotatable bonds is 6. The van der Waals surface area contributed by atoms with Crippen LogP contribution in [0.15, 0.2) is 24.3 Å². The van der Waals surface area contributed by atoms with Crippen LogP contribution in [-0.4, -0.2) is 42.0 Å². The van der Waals surface area contributed by atoms with Crippen LogP contribution in [0.3, 0.4) is 0 Å². The standard InChI is InChI=1S/C18H23N3O4S2/c1-12(2)27(23,24)21-9-8-15-16(10-21)26-18(19-15)20-17(22)11-25-14-6-4-13(3)5-7-14/h4-7,12H,8-11H2,1-3H3,(H,19,20,22). The molecule has 146 valence electrons. The summed E-state index contributed by atoms with van der Waals surface area (Å²) in [6.07, 6.45) is 0.549. The van der Waals surface area contributed by atoms with Crippen molar-refractivity contribution in [1.82, 2.24) is 9.29 Å². The fraction of sp³-hybridized carbons (Fsp3) is 0.444. The predicted octanol–water partition coefficient (Wildman–Crippen LogP) is 2.57. The van der Waals surface area contributed by atoms with Gasteiger partial charge in [0.25, 0.3) is 5.91 Å². The van der Waals surface area contributed by atoms with Crippen LogP contribution in [0.25, 0.3) is 0 Å². The maximum absolute atomic E-state index is 12.3. The summed E-state index contributed by atoms with van der Waals surface area (Å²) < 4.78 is 31.6. The molecule has 3 rings (SSSR count). The van der Waals surface area contributed by atoms with E-state index in [2.05, 4.69) is 10.3 Å². The first-order valence-corrected chi connectivity index (χ1v) is 11.0. The molecule has 1 amide bonds. The van der Waals surface area contributed by atoms with Crippen LogP contribution in [0, 0.1) is 6.92 Å². The number of carbonyl (C=O) groups is 1. The third kappa shape index (κ3) is 4.66. The molecule has 0 spiro atoms. The molecule has 0 saturated carbocycles. The molecule has 1 N–H and O–H groups in total. The van der Waals surface area contributed by atoms with Gasteiger partial charge in [-0.25, -0.2) is 13.4 Å². The number of anilines is 1. The van der Waals surface area contributed by atoms with Gasteiger partial charge >= 0.3 is 0 Å². The Morgan fingerprint density at radius 1 is 1.33 bits per heavy atom. The van der Waals surface area contributed by atoms with Crippen molar-refractivity contribution >= 4 is 32.4 Å². The second-order valence-corrected chi connectivity index (χ2v) is 10.3. The molecule has 1 aromatic carbocycles. The summed E-state index contributed by atoms with van der Waals surface area (Å²) in [7, 11) is -3.29. The number of carbonyl (C=O) groups excluding carboxylic acids is 1. The Morgan fingerprint density at radius 2 is 2.04 bits per heavy atom. The minimum atomic E-state index is -3.29. The highest BCUT2D eigenvalue weighted by Gasteiger charge is 2.31. The van der Waals surface area contributed by atoms with E-state index in [9.17, 15) is 13.2 Å². The number of nitrogens with one attached hydrogen (secondary N) is 1. The van der Waals surface area contributed by atoms with Crippen molar-refractivity contribution in [2.75, 3.05) is 18.5 Å². The van der Waals surface area contributed by atoms with E-state index in [1.807, 2.05) is 31.2 Å². The average Bonchev–Trinajstić information content (AvgIpc) is 3.02. The van der Waals surface area contributed by atoms with Gasteiger partial charge in [0.05, 0.1) is 10.9 Å². The van der Waals surface area contributed by atoms with Crippen molar-refractivity contribution in [3.63, 3.8) is 0 Å². The fourth-order valence-electron chi connectivity index (χ4n) is 2.68. The second kappa shape index (κ2) is 7.95. The predicted molar refractivity (Wildman–Crippen MR) is 106 cm³/mol. The first kappa shape index (κ1) is 19.8. The van der Waals surface area contributed by atoms with Crippen LogP contribution in [0.1, 0.15) is 30.0 Å². The molecule has 0 saturated heterocycles. The SMILES string of the molecule is Cc1ccc(OCC(=O)Nc2nc3c(s2)CN(S(=O)(=O)C(C)C)CC3)cc1. The first-order valence-electron chi connectivity index (χ1n) is 8.72. The van der Waals surface area contributed by atoms with Crippen molar-refractivity contribution in [2.45, 2.75) is 39.0 Å². The highest BCUT2D eigenvalue weighted by atomic mass is 32.2. The van der Waals surface area contributed by atoms with Gasteiger partial charge in [-0.1, -0.05) is 17.7 Å². The van der Waals surface area contributed by atoms with E-state index < -0.39 is 15.3 Å². The number of nitrogens with zero attached hydrogens (tertiary/aromatic N) is 2. The Bertz CT molecular complexity index is 921. The van der Waals surface area contributed by atoms with E-state index in [0.717, 1.165) is 16.1 Å². The molecule has 0 radical (unpaired) electrons. The molecule has 27 heavy (non-hydrogen) atoms. The zero-order valence-electron chi connectivity index (χ0n) is 15.6. The van der Waals surface area contributed by atoms with Crippen LogP contribution in [-0.2, 0) is 27.8 Å². The Hall–Kier alpha value is -1.97. The number of fused-ring (bicyclic) bond motifs is 1. The largest absolute Gasteiger partial charge is 0.484 e. The van der Waals surface area contributed by atoms with Gasteiger partial charge in [-0.05, 0) is 32.9 Å². The van der Waals surface area contributed by atoms with Gasteiger partial charge in [0.1, 0.15) is 5.75 Å². The van der Waals surface area contributed by atoms with Gasteiger partial charge in [0.2, 0.25) is 10.0 Å². The van der Waals surface area contributed by atoms with Gasteiger partial charge in [-0.15, -0.1) is 11.3 Å². The third-order valence-corrected chi connectivity index (χ3v) is 7.51. The molecule has 2 heterocycles. The van der Waals surface area contributed by atoms with Crippen LogP contribution in [0.5, 0.6) is 5.75 Å². The zero-order valence-corrected chi connectivity index (χ0v) is 17.2. The number of thiazole rings is 1. The number of benzene rings is 1. The van der Waals surface area contributed by atoms with Gasteiger partial charge in [-0.2, -0.15) is 4.31 Å². The lowest BCUT2D eigenvalue weighted by Crippen LogP contribution is -2.39. The topological polar surface area (TPSA) is 88.6 Å². The Kier molecular flexibility index (Phi) is 5.83. The van der Waals surface area contributed by atoms with Crippen molar-refractivity contribution < 1.29 is 17.9 Å². The minimum Gasteiger partial charge on any atom is -0.484 e. The summed E-state index contributed by atoms with van der Waals surface area (Å²) in [6.45, 7) is 5.95. The lowest BCUT2D eigenvalue weighted by Gasteiger charge is -2.26. The van der Waals surface area contributed by atoms with Gasteiger partial charge in [0.15, 0.2) is 11.7 Å². The molecular formula is C18H23N3O4S2. The summed E-state index contributed by atoms with van der Waals surface area (Å²) in [5.74, 6) is 0.331. The third-order valence-electron chi connectivity index (χ3n) is 4.29. The quantitative estimate of drug-likeness (QED) is 0.792. The van der Waals surface area contributed by atoms with Crippen LogP contribution >= 0.6 is 11.3 Å². The van der Waals surface area contributed by atoms with E-state index >= 15 is 0 Å². The maximum atomic E-state index is 12.3. The van der Waals surface area contributed by atoms with E-state index in [4.69, 9.17) is 4.74 Å². The maximum Gasteiger partial charge on any atom is 0.264 e. The Balaban J connectivity index is 1.59. The van der Waals surface area contributed by atoms with E-state index in [0.29, 0.717) is 30.4 Å². The molecule has 1 aliphatic rings. The number of ether oxygens (including phenoxy) is 1. The lowest BCUT2D eigenvalue weighted by atomic mass is 10.2. The van der Waals surface area contributed by atoms with Crippen LogP contribution in [0.4, 0.5) is 5.13 Å². The van der Waals surface area contributed by atoms with Crippen molar-refractivity contribution in [1.29, 1.82) is 0 Å². The summed E-state index contributed by atoms with van der Waals surface area (Å²) in [5, 5.41) is 2.75. The van der Waals surface area contributed by atoms with E-state index in [1.165, 1.54) is 15.6 Å². The Labute approximate surface area is 163 Å². The fourth-order valence-corrected chi connectivity index (χ4v) is 5.05. The molecule has 1 aromatic heterocycles. The van der Waals surface area contributed by atoms with Gasteiger partial charge < -0.3 is 4.74 Å². The molecule has 7 nitrogen and oxygen atoms in total. The molecule has 0 bridgehead atoms. The molecule has 0 aliphatic carbocycles. The Morgan fingerprint density at radius 3 is 2.70 bits per heavy atom. The summed E-state index contributed by atoms with van der Waals surface area (Å²) in [4.78, 5) is 17.4. The monoisotopic (exact) mass is 409 g/mol. The molecule has 0 atom stereocenters. The normalized spacial score (nSPS) is 14.8. The molecular weight excluding hydrogens is 386 g/mol. The van der Waals surface area contributed by atoms with Crippen LogP contribution < -0.4 is 10.1 Å². The number of aromatic nitrogens is 1. The summed E-state index contributed by atoms with van der Waals surface area (Å²) in [6, 6.07) is 7.46. The van der Waals surface area contributed by atoms with Crippen molar-refractivity contribution in [3.8, 4) is 5.75 Å². The average molecular weight is 410 g/mol. The molecule has 2 aromatic rings. The number of aryl methyl sites for hydroxylation is 1. The van der Waals surface area contributed by atoms with Crippen LogP contribution in [0.2, 0.25) is 0 Å². The van der Waals surface area contributed by atoms with Crippen molar-refractivity contribution in [3.05, 3.63) is 40.4 Å². The summed E-state index contributed by atoms with van der Waals surface area (Å²) >= 11 is 1.31. The summed E-state index contributed by atoms with van der Waals surface area (Å²) in [5.41, 5.74) is 1.97. The number of sulfonamides is 1. The van der Waals surface area contributed by atoms with E-state index in [1.54, 1.807) is 13.8 Å². The second-order valence-electron chi connectivity index (χ2n) is 6.72. The highest BCUT2D eigenvalue weighted by molar-refractivity contribution is 7.89. The molecule has 0 unspecified atom stereocenters. The molecule has 9 heteroatoms. The van der Waals surface area contributed by atoms with Gasteiger partial charge in [-0.3, -0.25) is 10.1 Å². The molecule has 1 aliphatic heterocycles. The lowest BCUT2D eigenvalue weighted by molar-refractivity contribution is -0.118. The number of amides is 1. The minimum absolute atomic E-state index is 0.110.